The summed E-state index contributed by atoms with van der Waals surface area (Å²) in [6.07, 6.45) is 0.865. The highest BCUT2D eigenvalue weighted by molar-refractivity contribution is 5.91. The lowest BCUT2D eigenvalue weighted by molar-refractivity contribution is 0.0689. The van der Waals surface area contributed by atoms with Gasteiger partial charge in [0, 0.05) is 18.6 Å². The molecule has 0 radical (unpaired) electrons. The molecule has 2 rings (SSSR count). The Bertz CT molecular complexity index is 400. The minimum Gasteiger partial charge on any atom is -0.492 e. The number of hydrogen-bond donors (Lipinski definition) is 1. The van der Waals surface area contributed by atoms with Crippen molar-refractivity contribution in [2.24, 2.45) is 0 Å². The van der Waals surface area contributed by atoms with Crippen LogP contribution in [0.1, 0.15) is 28.3 Å². The van der Waals surface area contributed by atoms with Crippen molar-refractivity contribution in [3.63, 3.8) is 0 Å². The van der Waals surface area contributed by atoms with Crippen LogP contribution in [0.25, 0.3) is 0 Å². The number of carbonyl (C=O) groups is 1. The van der Waals surface area contributed by atoms with E-state index in [4.69, 9.17) is 14.6 Å². The number of ether oxygens (including phenoxy) is 2. The van der Waals surface area contributed by atoms with E-state index in [1.807, 2.05) is 6.07 Å². The Kier molecular flexibility index (Phi) is 3.10. The first kappa shape index (κ1) is 11.0. The fraction of sp³-hybridized carbons (Fsp3) is 0.417. The highest BCUT2D eigenvalue weighted by atomic mass is 16.5. The van der Waals surface area contributed by atoms with Gasteiger partial charge in [-0.15, -0.1) is 0 Å². The smallest absolute Gasteiger partial charge is 0.339 e. The maximum atomic E-state index is 11.0. The summed E-state index contributed by atoms with van der Waals surface area (Å²) < 4.78 is 10.6. The quantitative estimate of drug-likeness (QED) is 0.848. The van der Waals surface area contributed by atoms with Crippen molar-refractivity contribution in [2.45, 2.75) is 12.3 Å². The molecule has 1 aliphatic heterocycles. The van der Waals surface area contributed by atoms with Crippen LogP contribution in [0.15, 0.2) is 18.2 Å². The molecular weight excluding hydrogens is 208 g/mol. The van der Waals surface area contributed by atoms with Crippen LogP contribution in [-0.4, -0.2) is 31.4 Å². The number of aromatic carboxylic acids is 1. The molecule has 0 amide bonds. The number of fused-ring (bicyclic) bond motifs is 1. The molecule has 0 fully saturated rings. The average molecular weight is 222 g/mol. The predicted octanol–water partition coefficient (Wildman–Crippen LogP) is 1.90. The SMILES string of the molecule is COCC1CCOc2c(C(=O)O)cccc21. The normalized spacial score (nSPS) is 18.7. The van der Waals surface area contributed by atoms with Gasteiger partial charge in [-0.3, -0.25) is 0 Å². The van der Waals surface area contributed by atoms with Crippen LogP contribution in [-0.2, 0) is 4.74 Å². The van der Waals surface area contributed by atoms with E-state index in [-0.39, 0.29) is 11.5 Å². The summed E-state index contributed by atoms with van der Waals surface area (Å²) in [5, 5.41) is 9.05. The molecule has 1 N–H and O–H groups in total. The van der Waals surface area contributed by atoms with E-state index in [0.29, 0.717) is 19.0 Å². The topological polar surface area (TPSA) is 55.8 Å². The average Bonchev–Trinajstić information content (AvgIpc) is 2.29. The Morgan fingerprint density at radius 1 is 1.62 bits per heavy atom. The van der Waals surface area contributed by atoms with E-state index in [1.165, 1.54) is 0 Å². The van der Waals surface area contributed by atoms with Gasteiger partial charge in [-0.2, -0.15) is 0 Å². The lowest BCUT2D eigenvalue weighted by Crippen LogP contribution is -2.19. The lowest BCUT2D eigenvalue weighted by atomic mass is 9.92. The van der Waals surface area contributed by atoms with Crippen LogP contribution < -0.4 is 4.74 Å². The molecule has 0 saturated carbocycles. The molecule has 1 aromatic carbocycles. The van der Waals surface area contributed by atoms with Gasteiger partial charge >= 0.3 is 5.97 Å². The monoisotopic (exact) mass is 222 g/mol. The Labute approximate surface area is 93.8 Å². The second kappa shape index (κ2) is 4.53. The van der Waals surface area contributed by atoms with E-state index in [9.17, 15) is 4.79 Å². The van der Waals surface area contributed by atoms with Crippen molar-refractivity contribution in [1.82, 2.24) is 0 Å². The summed E-state index contributed by atoms with van der Waals surface area (Å²) in [6, 6.07) is 5.22. The van der Waals surface area contributed by atoms with Crippen LogP contribution in [0.3, 0.4) is 0 Å². The van der Waals surface area contributed by atoms with Crippen LogP contribution in [0.4, 0.5) is 0 Å². The highest BCUT2D eigenvalue weighted by Crippen LogP contribution is 2.36. The minimum atomic E-state index is -0.949. The standard InChI is InChI=1S/C12H14O4/c1-15-7-8-5-6-16-11-9(8)3-2-4-10(11)12(13)14/h2-4,8H,5-7H2,1H3,(H,13,14). The fourth-order valence-corrected chi connectivity index (χ4v) is 2.04. The number of para-hydroxylation sites is 1. The number of carboxylic acid groups (broad SMARTS) is 1. The Balaban J connectivity index is 2.42. The third-order valence-electron chi connectivity index (χ3n) is 2.80. The first-order valence-corrected chi connectivity index (χ1v) is 5.22. The van der Waals surface area contributed by atoms with Gasteiger partial charge in [0.15, 0.2) is 0 Å². The molecule has 1 aliphatic rings. The van der Waals surface area contributed by atoms with Crippen molar-refractivity contribution in [3.8, 4) is 5.75 Å². The molecule has 1 atom stereocenters. The van der Waals surface area contributed by atoms with Crippen LogP contribution >= 0.6 is 0 Å². The van der Waals surface area contributed by atoms with E-state index in [0.717, 1.165) is 12.0 Å². The summed E-state index contributed by atoms with van der Waals surface area (Å²) in [5.74, 6) is -0.216. The van der Waals surface area contributed by atoms with Crippen LogP contribution in [0.2, 0.25) is 0 Å². The molecule has 16 heavy (non-hydrogen) atoms. The maximum absolute atomic E-state index is 11.0. The van der Waals surface area contributed by atoms with Crippen LogP contribution in [0, 0.1) is 0 Å². The molecule has 0 spiro atoms. The third kappa shape index (κ3) is 1.88. The molecule has 0 saturated heterocycles. The Morgan fingerprint density at radius 2 is 2.44 bits per heavy atom. The summed E-state index contributed by atoms with van der Waals surface area (Å²) >= 11 is 0. The number of carboxylic acids is 1. The molecule has 4 nitrogen and oxygen atoms in total. The van der Waals surface area contributed by atoms with E-state index in [1.54, 1.807) is 19.2 Å². The Hall–Kier alpha value is -1.55. The number of rotatable bonds is 3. The van der Waals surface area contributed by atoms with Gasteiger partial charge in [0.05, 0.1) is 13.2 Å². The van der Waals surface area contributed by atoms with E-state index in [2.05, 4.69) is 0 Å². The van der Waals surface area contributed by atoms with Crippen molar-refractivity contribution in [1.29, 1.82) is 0 Å². The Morgan fingerprint density at radius 3 is 3.12 bits per heavy atom. The number of benzene rings is 1. The van der Waals surface area contributed by atoms with Crippen molar-refractivity contribution < 1.29 is 19.4 Å². The molecule has 0 aliphatic carbocycles. The second-order valence-electron chi connectivity index (χ2n) is 3.82. The molecule has 1 unspecified atom stereocenters. The molecule has 0 aromatic heterocycles. The predicted molar refractivity (Wildman–Crippen MR) is 58.1 cm³/mol. The maximum Gasteiger partial charge on any atom is 0.339 e. The fourth-order valence-electron chi connectivity index (χ4n) is 2.04. The molecule has 0 bridgehead atoms. The summed E-state index contributed by atoms with van der Waals surface area (Å²) in [5.41, 5.74) is 1.17. The van der Waals surface area contributed by atoms with Crippen molar-refractivity contribution in [3.05, 3.63) is 29.3 Å². The van der Waals surface area contributed by atoms with Gasteiger partial charge in [-0.1, -0.05) is 12.1 Å². The second-order valence-corrected chi connectivity index (χ2v) is 3.82. The first-order chi connectivity index (χ1) is 7.74. The largest absolute Gasteiger partial charge is 0.492 e. The van der Waals surface area contributed by atoms with Gasteiger partial charge in [0.1, 0.15) is 11.3 Å². The van der Waals surface area contributed by atoms with E-state index < -0.39 is 5.97 Å². The summed E-state index contributed by atoms with van der Waals surface area (Å²) in [4.78, 5) is 11.0. The zero-order chi connectivity index (χ0) is 11.5. The zero-order valence-corrected chi connectivity index (χ0v) is 9.10. The molecule has 86 valence electrons. The van der Waals surface area contributed by atoms with Crippen LogP contribution in [0.5, 0.6) is 5.75 Å². The molecule has 4 heteroatoms. The third-order valence-corrected chi connectivity index (χ3v) is 2.80. The van der Waals surface area contributed by atoms with E-state index >= 15 is 0 Å². The van der Waals surface area contributed by atoms with Gasteiger partial charge < -0.3 is 14.6 Å². The summed E-state index contributed by atoms with van der Waals surface area (Å²) in [6.45, 7) is 1.14. The minimum absolute atomic E-state index is 0.230. The number of methoxy groups -OCH3 is 1. The molecule has 1 heterocycles. The summed E-state index contributed by atoms with van der Waals surface area (Å²) in [7, 11) is 1.65. The zero-order valence-electron chi connectivity index (χ0n) is 9.10. The molecular formula is C12H14O4. The van der Waals surface area contributed by atoms with Crippen molar-refractivity contribution in [2.75, 3.05) is 20.3 Å². The highest BCUT2D eigenvalue weighted by Gasteiger charge is 2.25. The number of hydrogen-bond acceptors (Lipinski definition) is 3. The molecule has 1 aromatic rings. The van der Waals surface area contributed by atoms with Gasteiger partial charge in [0.25, 0.3) is 0 Å². The van der Waals surface area contributed by atoms with Gasteiger partial charge in [-0.25, -0.2) is 4.79 Å². The van der Waals surface area contributed by atoms with Gasteiger partial charge in [0.2, 0.25) is 0 Å². The van der Waals surface area contributed by atoms with Gasteiger partial charge in [-0.05, 0) is 12.5 Å². The first-order valence-electron chi connectivity index (χ1n) is 5.22. The lowest BCUT2D eigenvalue weighted by Gasteiger charge is -2.26. The van der Waals surface area contributed by atoms with Crippen molar-refractivity contribution >= 4 is 5.97 Å².